The van der Waals surface area contributed by atoms with Gasteiger partial charge in [-0.15, -0.1) is 0 Å². The second kappa shape index (κ2) is 9.13. The molecule has 1 fully saturated rings. The Balaban J connectivity index is 1.31. The van der Waals surface area contributed by atoms with Crippen LogP contribution in [0.25, 0.3) is 22.2 Å². The van der Waals surface area contributed by atoms with Crippen LogP contribution in [-0.2, 0) is 16.8 Å². The number of nitrogens with one attached hydrogen (secondary N) is 2. The van der Waals surface area contributed by atoms with Gasteiger partial charge in [-0.25, -0.2) is 4.98 Å². The number of imidazole rings is 1. The number of carbonyl (C=O) groups excluding carboxylic acids is 2. The lowest BCUT2D eigenvalue weighted by molar-refractivity contribution is -0.0895. The molecule has 4 aromatic rings. The fourth-order valence-electron chi connectivity index (χ4n) is 4.31. The lowest BCUT2D eigenvalue weighted by Crippen LogP contribution is -2.48. The zero-order valence-corrected chi connectivity index (χ0v) is 20.7. The molecule has 2 aromatic carbocycles. The summed E-state index contributed by atoms with van der Waals surface area (Å²) in [5.74, 6) is 0.414. The number of ether oxygens (including phenoxy) is 1. The van der Waals surface area contributed by atoms with E-state index in [1.807, 2.05) is 66.3 Å². The van der Waals surface area contributed by atoms with Crippen LogP contribution in [0, 0.1) is 6.92 Å². The molecule has 184 valence electrons. The molecule has 0 aliphatic carbocycles. The van der Waals surface area contributed by atoms with Crippen molar-refractivity contribution < 1.29 is 14.3 Å². The fourth-order valence-corrected chi connectivity index (χ4v) is 4.31. The van der Waals surface area contributed by atoms with Crippen LogP contribution < -0.4 is 5.32 Å². The van der Waals surface area contributed by atoms with Crippen LogP contribution in [0.3, 0.4) is 0 Å². The number of fused-ring (bicyclic) bond motifs is 1. The van der Waals surface area contributed by atoms with Gasteiger partial charge in [0.05, 0.1) is 41.9 Å². The third-order valence-corrected chi connectivity index (χ3v) is 6.75. The largest absolute Gasteiger partial charge is 0.376 e. The molecule has 0 radical (unpaired) electrons. The summed E-state index contributed by atoms with van der Waals surface area (Å²) in [6, 6.07) is 13.6. The molecule has 2 N–H and O–H groups in total. The first-order chi connectivity index (χ1) is 17.3. The average Bonchev–Trinajstić information content (AvgIpc) is 3.52. The first kappa shape index (κ1) is 23.6. The van der Waals surface area contributed by atoms with Gasteiger partial charge in [0, 0.05) is 25.0 Å². The topological polar surface area (TPSA) is 92.2 Å². The Bertz CT molecular complexity index is 1480. The van der Waals surface area contributed by atoms with Crippen molar-refractivity contribution in [2.75, 3.05) is 20.3 Å². The van der Waals surface area contributed by atoms with Crippen molar-refractivity contribution in [3.8, 4) is 11.1 Å². The minimum absolute atomic E-state index is 0.0813. The third kappa shape index (κ3) is 4.31. The first-order valence-corrected chi connectivity index (χ1v) is 11.8. The minimum atomic E-state index is -0.153. The van der Waals surface area contributed by atoms with E-state index in [-0.39, 0.29) is 23.9 Å². The van der Waals surface area contributed by atoms with Crippen molar-refractivity contribution in [3.63, 3.8) is 0 Å². The van der Waals surface area contributed by atoms with Crippen LogP contribution in [0.4, 0.5) is 0 Å². The summed E-state index contributed by atoms with van der Waals surface area (Å²) in [4.78, 5) is 34.7. The Morgan fingerprint density at radius 2 is 1.97 bits per heavy atom. The van der Waals surface area contributed by atoms with E-state index in [4.69, 9.17) is 4.74 Å². The quantitative estimate of drug-likeness (QED) is 0.412. The van der Waals surface area contributed by atoms with Crippen molar-refractivity contribution in [1.29, 1.82) is 0 Å². The molecule has 5 rings (SSSR count). The van der Waals surface area contributed by atoms with Crippen molar-refractivity contribution in [3.05, 3.63) is 90.2 Å². The SMILES string of the molecule is C=CN(C)C(=O)c1cc(-c2ccc3nc(CNC(=O)c4ccn(C5(C)COC5)c4)[nH]c3c2)ccc1C. The zero-order chi connectivity index (χ0) is 25.4. The first-order valence-electron chi connectivity index (χ1n) is 11.8. The van der Waals surface area contributed by atoms with E-state index in [1.54, 1.807) is 7.05 Å². The summed E-state index contributed by atoms with van der Waals surface area (Å²) in [6.45, 7) is 9.28. The number of hydrogen-bond acceptors (Lipinski definition) is 4. The van der Waals surface area contributed by atoms with E-state index in [0.717, 1.165) is 27.7 Å². The number of aromatic nitrogens is 3. The highest BCUT2D eigenvalue weighted by Gasteiger charge is 2.35. The molecular formula is C28H29N5O3. The van der Waals surface area contributed by atoms with Gasteiger partial charge in [0.1, 0.15) is 5.82 Å². The molecule has 8 nitrogen and oxygen atoms in total. The van der Waals surface area contributed by atoms with E-state index < -0.39 is 0 Å². The number of hydrogen-bond donors (Lipinski definition) is 2. The van der Waals surface area contributed by atoms with Crippen LogP contribution >= 0.6 is 0 Å². The number of aromatic amines is 1. The van der Waals surface area contributed by atoms with Crippen LogP contribution in [0.15, 0.2) is 67.6 Å². The maximum absolute atomic E-state index is 12.7. The number of carbonyl (C=O) groups is 2. The highest BCUT2D eigenvalue weighted by molar-refractivity contribution is 5.97. The smallest absolute Gasteiger partial charge is 0.257 e. The molecule has 2 aromatic heterocycles. The summed E-state index contributed by atoms with van der Waals surface area (Å²) in [5, 5.41) is 2.94. The van der Waals surface area contributed by atoms with Gasteiger partial charge >= 0.3 is 0 Å². The van der Waals surface area contributed by atoms with E-state index in [1.165, 1.54) is 11.1 Å². The Morgan fingerprint density at radius 3 is 2.69 bits per heavy atom. The molecular weight excluding hydrogens is 454 g/mol. The molecule has 36 heavy (non-hydrogen) atoms. The van der Waals surface area contributed by atoms with Crippen molar-refractivity contribution in [2.45, 2.75) is 25.9 Å². The lowest BCUT2D eigenvalue weighted by atomic mass is 9.99. The average molecular weight is 484 g/mol. The molecule has 1 aliphatic rings. The summed E-state index contributed by atoms with van der Waals surface area (Å²) < 4.78 is 7.35. The Morgan fingerprint density at radius 1 is 1.22 bits per heavy atom. The van der Waals surface area contributed by atoms with E-state index in [9.17, 15) is 9.59 Å². The molecule has 2 amide bonds. The monoisotopic (exact) mass is 483 g/mol. The van der Waals surface area contributed by atoms with E-state index in [0.29, 0.717) is 30.2 Å². The molecule has 8 heteroatoms. The molecule has 0 atom stereocenters. The van der Waals surface area contributed by atoms with Gasteiger partial charge in [-0.1, -0.05) is 24.8 Å². The summed E-state index contributed by atoms with van der Waals surface area (Å²) in [7, 11) is 1.69. The van der Waals surface area contributed by atoms with Gasteiger partial charge in [-0.05, 0) is 61.0 Å². The number of nitrogens with zero attached hydrogens (tertiary/aromatic N) is 3. The highest BCUT2D eigenvalue weighted by Crippen LogP contribution is 2.27. The highest BCUT2D eigenvalue weighted by atomic mass is 16.5. The second-order valence-electron chi connectivity index (χ2n) is 9.52. The molecule has 1 saturated heterocycles. The second-order valence-corrected chi connectivity index (χ2v) is 9.52. The minimum Gasteiger partial charge on any atom is -0.376 e. The predicted molar refractivity (Wildman–Crippen MR) is 139 cm³/mol. The van der Waals surface area contributed by atoms with Gasteiger partial charge in [-0.3, -0.25) is 9.59 Å². The number of aryl methyl sites for hydroxylation is 1. The van der Waals surface area contributed by atoms with E-state index >= 15 is 0 Å². The fraction of sp³-hybridized carbons (Fsp3) is 0.250. The van der Waals surface area contributed by atoms with Crippen LogP contribution in [0.1, 0.15) is 39.0 Å². The van der Waals surface area contributed by atoms with Crippen molar-refractivity contribution >= 4 is 22.8 Å². The molecule has 1 aliphatic heterocycles. The Kier molecular flexibility index (Phi) is 5.97. The summed E-state index contributed by atoms with van der Waals surface area (Å²) in [5.41, 5.74) is 5.63. The molecule has 0 spiro atoms. The van der Waals surface area contributed by atoms with Gasteiger partial charge in [-0.2, -0.15) is 0 Å². The Hall–Kier alpha value is -4.17. The van der Waals surface area contributed by atoms with Crippen molar-refractivity contribution in [1.82, 2.24) is 24.8 Å². The predicted octanol–water partition coefficient (Wildman–Crippen LogP) is 4.23. The number of rotatable bonds is 7. The number of amides is 2. The third-order valence-electron chi connectivity index (χ3n) is 6.75. The maximum Gasteiger partial charge on any atom is 0.257 e. The normalized spacial score (nSPS) is 14.3. The summed E-state index contributed by atoms with van der Waals surface area (Å²) in [6.07, 6.45) is 5.28. The molecule has 0 bridgehead atoms. The number of H-pyrrole nitrogens is 1. The Labute approximate surface area is 209 Å². The van der Waals surface area contributed by atoms with E-state index in [2.05, 4.69) is 28.8 Å². The molecule has 0 unspecified atom stereocenters. The lowest BCUT2D eigenvalue weighted by Gasteiger charge is -2.39. The van der Waals surface area contributed by atoms with Crippen molar-refractivity contribution in [2.24, 2.45) is 0 Å². The number of benzene rings is 2. The molecule has 0 saturated carbocycles. The molecule has 3 heterocycles. The van der Waals surface area contributed by atoms with Gasteiger partial charge < -0.3 is 24.5 Å². The van der Waals surface area contributed by atoms with Crippen LogP contribution in [-0.4, -0.2) is 51.5 Å². The van der Waals surface area contributed by atoms with Gasteiger partial charge in [0.2, 0.25) is 0 Å². The van der Waals surface area contributed by atoms with Crippen LogP contribution in [0.5, 0.6) is 0 Å². The zero-order valence-electron chi connectivity index (χ0n) is 20.7. The van der Waals surface area contributed by atoms with Gasteiger partial charge in [0.25, 0.3) is 11.8 Å². The van der Waals surface area contributed by atoms with Crippen LogP contribution in [0.2, 0.25) is 0 Å². The van der Waals surface area contributed by atoms with Gasteiger partial charge in [0.15, 0.2) is 0 Å². The summed E-state index contributed by atoms with van der Waals surface area (Å²) >= 11 is 0. The standard InChI is InChI=1S/C28H29N5O3/c1-5-32(4)27(35)22-12-19(7-6-18(22)2)20-8-9-23-24(13-20)31-25(30-23)14-29-26(34)21-10-11-33(15-21)28(3)16-36-17-28/h5-13,15H,1,14,16-17H2,2-4H3,(H,29,34)(H,30,31). The maximum atomic E-state index is 12.7.